The zero-order valence-electron chi connectivity index (χ0n) is 18.6. The number of Topliss-reactive ketones (excluding diaryl/α,β-unsaturated/α-hetero) is 1. The van der Waals surface area contributed by atoms with Crippen LogP contribution in [0.1, 0.15) is 67.3 Å². The number of rotatable bonds is 4. The summed E-state index contributed by atoms with van der Waals surface area (Å²) < 4.78 is 12.3. The van der Waals surface area contributed by atoms with E-state index in [0.29, 0.717) is 28.9 Å². The van der Waals surface area contributed by atoms with E-state index in [-0.39, 0.29) is 47.2 Å². The fourth-order valence-electron chi connectivity index (χ4n) is 4.16. The van der Waals surface area contributed by atoms with Crippen LogP contribution in [0.15, 0.2) is 29.8 Å². The summed E-state index contributed by atoms with van der Waals surface area (Å²) in [5.41, 5.74) is 1.73. The second-order valence-electron chi connectivity index (χ2n) is 9.27. The predicted octanol–water partition coefficient (Wildman–Crippen LogP) is 4.09. The molecule has 0 fully saturated rings. The van der Waals surface area contributed by atoms with Gasteiger partial charge in [0.15, 0.2) is 17.3 Å². The smallest absolute Gasteiger partial charge is 0.174 e. The van der Waals surface area contributed by atoms with Gasteiger partial charge in [-0.15, -0.1) is 0 Å². The first-order chi connectivity index (χ1) is 15.0. The molecular weight excluding hydrogens is 412 g/mol. The molecule has 7 heteroatoms. The lowest BCUT2D eigenvalue weighted by molar-refractivity contribution is -0.0233. The molecule has 0 unspecified atom stereocenters. The van der Waals surface area contributed by atoms with Gasteiger partial charge in [0.05, 0.1) is 12.0 Å². The van der Waals surface area contributed by atoms with E-state index < -0.39 is 17.8 Å². The molecule has 0 radical (unpaired) electrons. The van der Waals surface area contributed by atoms with Gasteiger partial charge in [-0.2, -0.15) is 0 Å². The summed E-state index contributed by atoms with van der Waals surface area (Å²) in [7, 11) is 0. The molecule has 4 rings (SSSR count). The monoisotopic (exact) mass is 440 g/mol. The zero-order chi connectivity index (χ0) is 23.4. The van der Waals surface area contributed by atoms with Crippen LogP contribution in [0.25, 0.3) is 0 Å². The number of phenolic OH excluding ortho intramolecular Hbond substituents is 3. The molecule has 0 aromatic heterocycles. The molecular formula is C25H28O7. The molecule has 7 nitrogen and oxygen atoms in total. The number of aliphatic hydroxyl groups is 1. The van der Waals surface area contributed by atoms with Crippen molar-refractivity contribution in [3.05, 3.63) is 52.1 Å². The highest BCUT2D eigenvalue weighted by molar-refractivity contribution is 6.04. The lowest BCUT2D eigenvalue weighted by Gasteiger charge is -2.29. The quantitative estimate of drug-likeness (QED) is 0.418. The third-order valence-electron chi connectivity index (χ3n) is 6.00. The van der Waals surface area contributed by atoms with Crippen LogP contribution >= 0.6 is 0 Å². The molecule has 32 heavy (non-hydrogen) atoms. The number of carbonyl (C=O) groups is 1. The third-order valence-corrected chi connectivity index (χ3v) is 6.00. The molecule has 0 saturated heterocycles. The fourth-order valence-corrected chi connectivity index (χ4v) is 4.16. The maximum Gasteiger partial charge on any atom is 0.174 e. The van der Waals surface area contributed by atoms with E-state index in [9.17, 15) is 25.2 Å². The first kappa shape index (κ1) is 22.0. The molecule has 2 aliphatic rings. The Morgan fingerprint density at radius 2 is 1.81 bits per heavy atom. The van der Waals surface area contributed by atoms with E-state index in [1.165, 1.54) is 12.1 Å². The van der Waals surface area contributed by atoms with E-state index in [2.05, 4.69) is 0 Å². The lowest BCUT2D eigenvalue weighted by atomic mass is 9.88. The van der Waals surface area contributed by atoms with E-state index in [0.717, 1.165) is 5.57 Å². The standard InChI is InChI=1S/C25H28O7/c1-12(2)5-7-14-23-15(10-20(32-23)25(3,4)30)22(29)21-18(28)11-19(31-24(14)21)13-6-8-16(26)17(27)9-13/h5-6,8-9,19-20,26-27,29-30H,7,10-11H2,1-4H3/t19-,20-/m0/s1. The van der Waals surface area contributed by atoms with Gasteiger partial charge < -0.3 is 29.9 Å². The van der Waals surface area contributed by atoms with Crippen LogP contribution < -0.4 is 9.47 Å². The van der Waals surface area contributed by atoms with Crippen LogP contribution in [0.3, 0.4) is 0 Å². The van der Waals surface area contributed by atoms with Crippen molar-refractivity contribution in [3.63, 3.8) is 0 Å². The molecule has 4 N–H and O–H groups in total. The molecule has 0 saturated carbocycles. The molecule has 2 aromatic rings. The maximum absolute atomic E-state index is 13.2. The van der Waals surface area contributed by atoms with Gasteiger partial charge in [0.25, 0.3) is 0 Å². The van der Waals surface area contributed by atoms with Gasteiger partial charge in [-0.05, 0) is 51.8 Å². The summed E-state index contributed by atoms with van der Waals surface area (Å²) >= 11 is 0. The minimum Gasteiger partial charge on any atom is -0.507 e. The van der Waals surface area contributed by atoms with Gasteiger partial charge in [-0.3, -0.25) is 4.79 Å². The molecule has 2 aliphatic heterocycles. The number of benzene rings is 2. The Bertz CT molecular complexity index is 1120. The van der Waals surface area contributed by atoms with Crippen molar-refractivity contribution in [1.29, 1.82) is 0 Å². The number of aromatic hydroxyl groups is 3. The Morgan fingerprint density at radius 3 is 2.44 bits per heavy atom. The lowest BCUT2D eigenvalue weighted by Crippen LogP contribution is -2.39. The topological polar surface area (TPSA) is 116 Å². The molecule has 170 valence electrons. The van der Waals surface area contributed by atoms with E-state index in [4.69, 9.17) is 9.47 Å². The largest absolute Gasteiger partial charge is 0.507 e. The summed E-state index contributed by atoms with van der Waals surface area (Å²) in [6.07, 6.45) is 1.39. The van der Waals surface area contributed by atoms with E-state index in [1.54, 1.807) is 19.9 Å². The number of phenols is 3. The number of hydrogen-bond acceptors (Lipinski definition) is 7. The number of hydrogen-bond donors (Lipinski definition) is 4. The van der Waals surface area contributed by atoms with Crippen molar-refractivity contribution in [2.75, 3.05) is 0 Å². The Morgan fingerprint density at radius 1 is 1.09 bits per heavy atom. The number of ether oxygens (including phenoxy) is 2. The summed E-state index contributed by atoms with van der Waals surface area (Å²) in [5, 5.41) is 41.0. The maximum atomic E-state index is 13.2. The van der Waals surface area contributed by atoms with Crippen LogP contribution in [-0.4, -0.2) is 37.9 Å². The van der Waals surface area contributed by atoms with Crippen molar-refractivity contribution >= 4 is 5.78 Å². The fraction of sp³-hybridized carbons (Fsp3) is 0.400. The van der Waals surface area contributed by atoms with Crippen LogP contribution in [0.4, 0.5) is 0 Å². The number of allylic oxidation sites excluding steroid dienone is 2. The average Bonchev–Trinajstić information content (AvgIpc) is 3.15. The highest BCUT2D eigenvalue weighted by Crippen LogP contribution is 2.52. The summed E-state index contributed by atoms with van der Waals surface area (Å²) in [4.78, 5) is 13.2. The Hall–Kier alpha value is -3.19. The zero-order valence-corrected chi connectivity index (χ0v) is 18.6. The first-order valence-corrected chi connectivity index (χ1v) is 10.6. The molecule has 0 spiro atoms. The number of carbonyl (C=O) groups excluding carboxylic acids is 1. The first-order valence-electron chi connectivity index (χ1n) is 10.6. The predicted molar refractivity (Wildman–Crippen MR) is 118 cm³/mol. The third kappa shape index (κ3) is 3.77. The van der Waals surface area contributed by atoms with E-state index >= 15 is 0 Å². The molecule has 2 aromatic carbocycles. The van der Waals surface area contributed by atoms with Crippen LogP contribution in [0.2, 0.25) is 0 Å². The number of ketones is 1. The van der Waals surface area contributed by atoms with Crippen molar-refractivity contribution in [1.82, 2.24) is 0 Å². The van der Waals surface area contributed by atoms with Crippen molar-refractivity contribution in [2.24, 2.45) is 0 Å². The molecule has 0 amide bonds. The summed E-state index contributed by atoms with van der Waals surface area (Å²) in [6, 6.07) is 4.29. The molecule has 2 heterocycles. The highest BCUT2D eigenvalue weighted by Gasteiger charge is 2.42. The van der Waals surface area contributed by atoms with Gasteiger partial charge >= 0.3 is 0 Å². The van der Waals surface area contributed by atoms with Gasteiger partial charge in [0, 0.05) is 17.5 Å². The Kier molecular flexibility index (Phi) is 5.33. The van der Waals surface area contributed by atoms with Gasteiger partial charge in [-0.1, -0.05) is 17.7 Å². The number of fused-ring (bicyclic) bond motifs is 2. The van der Waals surface area contributed by atoms with Crippen molar-refractivity contribution in [2.45, 2.75) is 64.8 Å². The Balaban J connectivity index is 1.85. The normalized spacial score (nSPS) is 19.6. The minimum absolute atomic E-state index is 0.0264. The van der Waals surface area contributed by atoms with Crippen molar-refractivity contribution in [3.8, 4) is 28.7 Å². The van der Waals surface area contributed by atoms with Gasteiger partial charge in [-0.25, -0.2) is 0 Å². The van der Waals surface area contributed by atoms with Crippen LogP contribution in [-0.2, 0) is 12.8 Å². The summed E-state index contributed by atoms with van der Waals surface area (Å²) in [6.45, 7) is 7.21. The van der Waals surface area contributed by atoms with Crippen molar-refractivity contribution < 1.29 is 34.7 Å². The van der Waals surface area contributed by atoms with Gasteiger partial charge in [0.1, 0.15) is 35.0 Å². The molecule has 2 atom stereocenters. The van der Waals surface area contributed by atoms with Gasteiger partial charge in [0.2, 0.25) is 0 Å². The van der Waals surface area contributed by atoms with Crippen LogP contribution in [0.5, 0.6) is 28.7 Å². The SMILES string of the molecule is CC(C)=CCc1c2c(c(O)c3c1O[C@H](c1ccc(O)c(O)c1)CC3=O)C[C@@H](C(C)(C)O)O2. The average molecular weight is 440 g/mol. The molecule has 0 bridgehead atoms. The van der Waals surface area contributed by atoms with Crippen LogP contribution in [0, 0.1) is 0 Å². The minimum atomic E-state index is -1.14. The Labute approximate surface area is 186 Å². The highest BCUT2D eigenvalue weighted by atomic mass is 16.5. The summed E-state index contributed by atoms with van der Waals surface area (Å²) in [5.74, 6) is -0.324. The van der Waals surface area contributed by atoms with E-state index in [1.807, 2.05) is 19.9 Å². The second-order valence-corrected chi connectivity index (χ2v) is 9.27. The second kappa shape index (κ2) is 7.74. The molecule has 0 aliphatic carbocycles.